The van der Waals surface area contributed by atoms with Gasteiger partial charge >= 0.3 is 0 Å². The average Bonchev–Trinajstić information content (AvgIpc) is 3.31. The number of nitrogens with zero attached hydrogens (tertiary/aromatic N) is 1. The molecule has 0 bridgehead atoms. The van der Waals surface area contributed by atoms with Crippen LogP contribution in [0.3, 0.4) is 0 Å². The smallest absolute Gasteiger partial charge is 0.261 e. The van der Waals surface area contributed by atoms with Gasteiger partial charge in [-0.2, -0.15) is 0 Å². The van der Waals surface area contributed by atoms with Gasteiger partial charge in [-0.3, -0.25) is 9.69 Å². The predicted octanol–water partition coefficient (Wildman–Crippen LogP) is 5.23. The van der Waals surface area contributed by atoms with Crippen LogP contribution in [0.4, 0.5) is 0 Å². The van der Waals surface area contributed by atoms with Crippen molar-refractivity contribution in [2.75, 3.05) is 26.3 Å². The number of ether oxygens (including phenoxy) is 2. The fourth-order valence-electron chi connectivity index (χ4n) is 4.19. The monoisotopic (exact) mass is 468 g/mol. The van der Waals surface area contributed by atoms with Crippen molar-refractivity contribution in [3.63, 3.8) is 0 Å². The van der Waals surface area contributed by atoms with E-state index in [0.29, 0.717) is 18.2 Å². The fraction of sp³-hybridized carbons (Fsp3) is 0.320. The number of likely N-dealkylation sites (tertiary alicyclic amines) is 1. The Kier molecular flexibility index (Phi) is 6.35. The third-order valence-electron chi connectivity index (χ3n) is 5.87. The van der Waals surface area contributed by atoms with Crippen molar-refractivity contribution in [3.8, 4) is 21.9 Å². The van der Waals surface area contributed by atoms with Gasteiger partial charge in [-0.05, 0) is 60.4 Å². The molecule has 1 N–H and O–H groups in total. The van der Waals surface area contributed by atoms with Crippen LogP contribution in [0.1, 0.15) is 28.1 Å². The molecule has 0 radical (unpaired) electrons. The molecule has 0 saturated carbocycles. The van der Waals surface area contributed by atoms with E-state index in [2.05, 4.69) is 22.3 Å². The Morgan fingerprint density at radius 3 is 2.66 bits per heavy atom. The minimum Gasteiger partial charge on any atom is -0.486 e. The number of piperidine rings is 1. The zero-order chi connectivity index (χ0) is 21.9. The lowest BCUT2D eigenvalue weighted by Gasteiger charge is -2.32. The third-order valence-corrected chi connectivity index (χ3v) is 7.24. The van der Waals surface area contributed by atoms with Crippen molar-refractivity contribution in [3.05, 3.63) is 70.1 Å². The number of carbonyl (C=O) groups excluding carboxylic acids is 1. The molecule has 2 aliphatic rings. The summed E-state index contributed by atoms with van der Waals surface area (Å²) in [5.41, 5.74) is 2.26. The van der Waals surface area contributed by atoms with E-state index in [1.807, 2.05) is 42.5 Å². The highest BCUT2D eigenvalue weighted by Crippen LogP contribution is 2.32. The Bertz CT molecular complexity index is 1110. The summed E-state index contributed by atoms with van der Waals surface area (Å²) in [6.45, 7) is 4.01. The maximum Gasteiger partial charge on any atom is 0.261 e. The van der Waals surface area contributed by atoms with Crippen LogP contribution >= 0.6 is 22.9 Å². The maximum absolute atomic E-state index is 12.8. The Balaban J connectivity index is 1.13. The molecule has 166 valence electrons. The van der Waals surface area contributed by atoms with E-state index in [4.69, 9.17) is 21.1 Å². The second-order valence-corrected chi connectivity index (χ2v) is 9.70. The molecular formula is C25H25ClN2O3S. The summed E-state index contributed by atoms with van der Waals surface area (Å²) >= 11 is 7.60. The number of benzene rings is 2. The van der Waals surface area contributed by atoms with Crippen LogP contribution in [0, 0.1) is 0 Å². The van der Waals surface area contributed by atoms with Crippen LogP contribution in [-0.4, -0.2) is 43.2 Å². The van der Waals surface area contributed by atoms with E-state index < -0.39 is 0 Å². The largest absolute Gasteiger partial charge is 0.486 e. The topological polar surface area (TPSA) is 50.8 Å². The third kappa shape index (κ3) is 4.93. The van der Waals surface area contributed by atoms with E-state index in [0.717, 1.165) is 59.3 Å². The molecule has 7 heteroatoms. The van der Waals surface area contributed by atoms with Gasteiger partial charge in [0.15, 0.2) is 11.5 Å². The van der Waals surface area contributed by atoms with Crippen LogP contribution < -0.4 is 14.8 Å². The molecule has 0 unspecified atom stereocenters. The number of rotatable bonds is 5. The van der Waals surface area contributed by atoms with E-state index in [9.17, 15) is 4.79 Å². The standard InChI is InChI=1S/C25H25ClN2O3S/c26-19-3-1-2-18(15-19)23-6-7-24(32-23)25(29)27-20-8-10-28(11-9-20)16-17-4-5-21-22(14-17)31-13-12-30-21/h1-7,14-15,20H,8-13,16H2,(H,27,29). The molecule has 1 aromatic heterocycles. The van der Waals surface area contributed by atoms with Gasteiger partial charge in [-0.15, -0.1) is 11.3 Å². The summed E-state index contributed by atoms with van der Waals surface area (Å²) in [6.07, 6.45) is 1.89. The summed E-state index contributed by atoms with van der Waals surface area (Å²) in [5, 5.41) is 3.92. The predicted molar refractivity (Wildman–Crippen MR) is 128 cm³/mol. The maximum atomic E-state index is 12.8. The van der Waals surface area contributed by atoms with Crippen molar-refractivity contribution in [2.45, 2.75) is 25.4 Å². The summed E-state index contributed by atoms with van der Waals surface area (Å²) in [4.78, 5) is 17.0. The molecule has 1 amide bonds. The first kappa shape index (κ1) is 21.3. The second kappa shape index (κ2) is 9.53. The van der Waals surface area contributed by atoms with Crippen molar-refractivity contribution in [1.82, 2.24) is 10.2 Å². The summed E-state index contributed by atoms with van der Waals surface area (Å²) < 4.78 is 11.3. The second-order valence-electron chi connectivity index (χ2n) is 8.18. The molecule has 5 nitrogen and oxygen atoms in total. The highest BCUT2D eigenvalue weighted by Gasteiger charge is 2.22. The molecular weight excluding hydrogens is 444 g/mol. The molecule has 1 saturated heterocycles. The van der Waals surface area contributed by atoms with E-state index in [1.165, 1.54) is 16.9 Å². The molecule has 1 fully saturated rings. The number of amides is 1. The lowest BCUT2D eigenvalue weighted by Crippen LogP contribution is -2.44. The number of halogens is 1. The zero-order valence-corrected chi connectivity index (χ0v) is 19.3. The quantitative estimate of drug-likeness (QED) is 0.556. The van der Waals surface area contributed by atoms with Crippen molar-refractivity contribution < 1.29 is 14.3 Å². The summed E-state index contributed by atoms with van der Waals surface area (Å²) in [7, 11) is 0. The van der Waals surface area contributed by atoms with Gasteiger partial charge in [0, 0.05) is 35.6 Å². The Hall–Kier alpha value is -2.54. The zero-order valence-electron chi connectivity index (χ0n) is 17.7. The van der Waals surface area contributed by atoms with Crippen molar-refractivity contribution in [2.24, 2.45) is 0 Å². The molecule has 3 heterocycles. The van der Waals surface area contributed by atoms with Crippen molar-refractivity contribution in [1.29, 1.82) is 0 Å². The average molecular weight is 469 g/mol. The van der Waals surface area contributed by atoms with Gasteiger partial charge in [-0.1, -0.05) is 29.8 Å². The van der Waals surface area contributed by atoms with E-state index >= 15 is 0 Å². The number of nitrogens with one attached hydrogen (secondary N) is 1. The molecule has 0 atom stereocenters. The molecule has 2 aromatic carbocycles. The Morgan fingerprint density at radius 1 is 1.03 bits per heavy atom. The first-order valence-electron chi connectivity index (χ1n) is 10.9. The SMILES string of the molecule is O=C(NC1CCN(Cc2ccc3c(c2)OCCO3)CC1)c1ccc(-c2cccc(Cl)c2)s1. The summed E-state index contributed by atoms with van der Waals surface area (Å²) in [5.74, 6) is 1.67. The first-order chi connectivity index (χ1) is 15.6. The van der Waals surface area contributed by atoms with Gasteiger partial charge in [0.25, 0.3) is 5.91 Å². The van der Waals surface area contributed by atoms with Crippen LogP contribution in [0.15, 0.2) is 54.6 Å². The van der Waals surface area contributed by atoms with E-state index in [1.54, 1.807) is 0 Å². The van der Waals surface area contributed by atoms with Crippen LogP contribution in [0.25, 0.3) is 10.4 Å². The molecule has 0 spiro atoms. The highest BCUT2D eigenvalue weighted by molar-refractivity contribution is 7.17. The number of thiophene rings is 1. The number of fused-ring (bicyclic) bond motifs is 1. The number of hydrogen-bond donors (Lipinski definition) is 1. The normalized spacial score (nSPS) is 16.7. The fourth-order valence-corrected chi connectivity index (χ4v) is 5.29. The number of carbonyl (C=O) groups is 1. The van der Waals surface area contributed by atoms with Crippen molar-refractivity contribution >= 4 is 28.8 Å². The van der Waals surface area contributed by atoms with E-state index in [-0.39, 0.29) is 11.9 Å². The van der Waals surface area contributed by atoms with Gasteiger partial charge in [0.1, 0.15) is 13.2 Å². The minimum absolute atomic E-state index is 0.00793. The molecule has 32 heavy (non-hydrogen) atoms. The van der Waals surface area contributed by atoms with Crippen LogP contribution in [0.5, 0.6) is 11.5 Å². The minimum atomic E-state index is 0.00793. The first-order valence-corrected chi connectivity index (χ1v) is 12.1. The van der Waals surface area contributed by atoms with Gasteiger partial charge in [0.05, 0.1) is 4.88 Å². The Morgan fingerprint density at radius 2 is 1.84 bits per heavy atom. The van der Waals surface area contributed by atoms with Crippen LogP contribution in [-0.2, 0) is 6.54 Å². The number of hydrogen-bond acceptors (Lipinski definition) is 5. The highest BCUT2D eigenvalue weighted by atomic mass is 35.5. The lowest BCUT2D eigenvalue weighted by molar-refractivity contribution is 0.0913. The molecule has 3 aromatic rings. The Labute approximate surface area is 196 Å². The van der Waals surface area contributed by atoms with Gasteiger partial charge < -0.3 is 14.8 Å². The molecule has 0 aliphatic carbocycles. The van der Waals surface area contributed by atoms with Gasteiger partial charge in [-0.25, -0.2) is 0 Å². The summed E-state index contributed by atoms with van der Waals surface area (Å²) in [6, 6.07) is 18.0. The molecule has 5 rings (SSSR count). The van der Waals surface area contributed by atoms with Crippen LogP contribution in [0.2, 0.25) is 5.02 Å². The molecule has 2 aliphatic heterocycles. The lowest BCUT2D eigenvalue weighted by atomic mass is 10.0. The van der Waals surface area contributed by atoms with Gasteiger partial charge in [0.2, 0.25) is 0 Å².